The van der Waals surface area contributed by atoms with Crippen molar-refractivity contribution in [2.75, 3.05) is 13.2 Å². The molecule has 1 heterocycles. The summed E-state index contributed by atoms with van der Waals surface area (Å²) in [4.78, 5) is 25.4. The number of carbonyl (C=O) groups excluding carboxylic acids is 2. The van der Waals surface area contributed by atoms with Crippen molar-refractivity contribution >= 4 is 11.9 Å². The molecular formula is C14H25NO4. The number of hydrogen-bond donors (Lipinski definition) is 0. The fraction of sp³-hybridized carbons (Fsp3) is 0.857. The summed E-state index contributed by atoms with van der Waals surface area (Å²) in [5, 5.41) is 0. The molecular weight excluding hydrogens is 246 g/mol. The maximum Gasteiger partial charge on any atom is 0.307 e. The topological polar surface area (TPSA) is 55.8 Å². The molecule has 0 radical (unpaired) electrons. The zero-order valence-electron chi connectivity index (χ0n) is 12.2. The van der Waals surface area contributed by atoms with Gasteiger partial charge in [0.1, 0.15) is 6.23 Å². The van der Waals surface area contributed by atoms with E-state index in [0.717, 1.165) is 19.3 Å². The molecule has 0 N–H and O–H groups in total. The summed E-state index contributed by atoms with van der Waals surface area (Å²) in [6.07, 6.45) is 3.03. The van der Waals surface area contributed by atoms with Gasteiger partial charge in [0.25, 0.3) is 0 Å². The van der Waals surface area contributed by atoms with Gasteiger partial charge in [0.15, 0.2) is 0 Å². The molecule has 1 unspecified atom stereocenters. The average molecular weight is 271 g/mol. The molecule has 110 valence electrons. The van der Waals surface area contributed by atoms with Crippen LogP contribution in [0, 0.1) is 0 Å². The predicted octanol–water partition coefficient (Wildman–Crippen LogP) is 2.09. The van der Waals surface area contributed by atoms with Gasteiger partial charge in [-0.2, -0.15) is 0 Å². The Hall–Kier alpha value is -1.10. The highest BCUT2D eigenvalue weighted by Crippen LogP contribution is 2.26. The standard InChI is InChI=1S/C14H25NO4/c1-4-7-11(10-14(17)19-6-3)15-12(16)8-9-13(15)18-5-2/h11,13H,4-10H2,1-3H3/t11-,13?/m1/s1. The Morgan fingerprint density at radius 2 is 2.11 bits per heavy atom. The second-order valence-corrected chi connectivity index (χ2v) is 4.70. The van der Waals surface area contributed by atoms with Crippen LogP contribution in [-0.4, -0.2) is 42.3 Å². The van der Waals surface area contributed by atoms with Crippen molar-refractivity contribution in [1.29, 1.82) is 0 Å². The van der Waals surface area contributed by atoms with E-state index in [1.807, 2.05) is 13.8 Å². The molecule has 1 fully saturated rings. The smallest absolute Gasteiger partial charge is 0.307 e. The van der Waals surface area contributed by atoms with E-state index in [1.54, 1.807) is 11.8 Å². The van der Waals surface area contributed by atoms with Crippen molar-refractivity contribution in [2.45, 2.75) is 65.1 Å². The van der Waals surface area contributed by atoms with E-state index >= 15 is 0 Å². The van der Waals surface area contributed by atoms with Crippen molar-refractivity contribution in [2.24, 2.45) is 0 Å². The van der Waals surface area contributed by atoms with E-state index in [4.69, 9.17) is 9.47 Å². The SMILES string of the molecule is CCC[C@H](CC(=O)OCC)N1C(=O)CCC1OCC. The third-order valence-electron chi connectivity index (χ3n) is 3.29. The normalized spacial score (nSPS) is 20.7. The lowest BCUT2D eigenvalue weighted by molar-refractivity contribution is -0.149. The van der Waals surface area contributed by atoms with Crippen LogP contribution in [0.1, 0.15) is 52.9 Å². The maximum absolute atomic E-state index is 12.0. The van der Waals surface area contributed by atoms with E-state index in [9.17, 15) is 9.59 Å². The molecule has 0 bridgehead atoms. The molecule has 1 aliphatic rings. The monoisotopic (exact) mass is 271 g/mol. The molecule has 0 aliphatic carbocycles. The fourth-order valence-electron chi connectivity index (χ4n) is 2.56. The van der Waals surface area contributed by atoms with Crippen LogP contribution in [0.25, 0.3) is 0 Å². The van der Waals surface area contributed by atoms with E-state index in [-0.39, 0.29) is 30.6 Å². The van der Waals surface area contributed by atoms with Crippen LogP contribution >= 0.6 is 0 Å². The van der Waals surface area contributed by atoms with Gasteiger partial charge in [-0.05, 0) is 20.3 Å². The Kier molecular flexibility index (Phi) is 6.84. The molecule has 5 heteroatoms. The molecule has 19 heavy (non-hydrogen) atoms. The third kappa shape index (κ3) is 4.49. The van der Waals surface area contributed by atoms with Crippen LogP contribution in [0.5, 0.6) is 0 Å². The maximum atomic E-state index is 12.0. The Balaban J connectivity index is 2.71. The average Bonchev–Trinajstić information content (AvgIpc) is 2.71. The summed E-state index contributed by atoms with van der Waals surface area (Å²) in [6, 6.07) is -0.101. The molecule has 1 aliphatic heterocycles. The quantitative estimate of drug-likeness (QED) is 0.634. The highest BCUT2D eigenvalue weighted by Gasteiger charge is 2.37. The van der Waals surface area contributed by atoms with Gasteiger partial charge < -0.3 is 14.4 Å². The van der Waals surface area contributed by atoms with Crippen LogP contribution < -0.4 is 0 Å². The second kappa shape index (κ2) is 8.15. The zero-order chi connectivity index (χ0) is 14.3. The first kappa shape index (κ1) is 16.0. The van der Waals surface area contributed by atoms with Gasteiger partial charge in [0.05, 0.1) is 13.0 Å². The molecule has 2 atom stereocenters. The summed E-state index contributed by atoms with van der Waals surface area (Å²) in [6.45, 7) is 6.71. The van der Waals surface area contributed by atoms with Crippen LogP contribution in [0.2, 0.25) is 0 Å². The minimum absolute atomic E-state index is 0.0844. The third-order valence-corrected chi connectivity index (χ3v) is 3.29. The number of ether oxygens (including phenoxy) is 2. The Bertz CT molecular complexity index is 306. The first-order valence-corrected chi connectivity index (χ1v) is 7.22. The zero-order valence-corrected chi connectivity index (χ0v) is 12.2. The van der Waals surface area contributed by atoms with E-state index in [0.29, 0.717) is 19.6 Å². The van der Waals surface area contributed by atoms with Gasteiger partial charge in [-0.15, -0.1) is 0 Å². The molecule has 0 saturated carbocycles. The summed E-state index contributed by atoms with van der Waals surface area (Å²) in [5.41, 5.74) is 0. The Labute approximate surface area is 115 Å². The van der Waals surface area contributed by atoms with Gasteiger partial charge in [-0.1, -0.05) is 13.3 Å². The lowest BCUT2D eigenvalue weighted by Gasteiger charge is -2.32. The molecule has 1 rings (SSSR count). The second-order valence-electron chi connectivity index (χ2n) is 4.70. The Morgan fingerprint density at radius 1 is 1.37 bits per heavy atom. The minimum atomic E-state index is -0.240. The number of hydrogen-bond acceptors (Lipinski definition) is 4. The number of esters is 1. The van der Waals surface area contributed by atoms with E-state index in [2.05, 4.69) is 0 Å². The van der Waals surface area contributed by atoms with E-state index < -0.39 is 0 Å². The first-order valence-electron chi connectivity index (χ1n) is 7.22. The largest absolute Gasteiger partial charge is 0.466 e. The van der Waals surface area contributed by atoms with Crippen molar-refractivity contribution < 1.29 is 19.1 Å². The van der Waals surface area contributed by atoms with Gasteiger partial charge in [0, 0.05) is 25.5 Å². The molecule has 0 aromatic heterocycles. The van der Waals surface area contributed by atoms with Crippen LogP contribution in [0.3, 0.4) is 0 Å². The molecule has 1 saturated heterocycles. The highest BCUT2D eigenvalue weighted by molar-refractivity contribution is 5.80. The van der Waals surface area contributed by atoms with Crippen LogP contribution in [0.15, 0.2) is 0 Å². The van der Waals surface area contributed by atoms with Crippen molar-refractivity contribution in [3.8, 4) is 0 Å². The van der Waals surface area contributed by atoms with Crippen molar-refractivity contribution in [3.05, 3.63) is 0 Å². The number of likely N-dealkylation sites (tertiary alicyclic amines) is 1. The fourth-order valence-corrected chi connectivity index (χ4v) is 2.56. The summed E-state index contributed by atoms with van der Waals surface area (Å²) in [5.74, 6) is -0.155. The lowest BCUT2D eigenvalue weighted by atomic mass is 10.1. The lowest BCUT2D eigenvalue weighted by Crippen LogP contribution is -2.44. The van der Waals surface area contributed by atoms with Crippen molar-refractivity contribution in [1.82, 2.24) is 4.90 Å². The van der Waals surface area contributed by atoms with Crippen LogP contribution in [-0.2, 0) is 19.1 Å². The molecule has 0 aromatic rings. The first-order chi connectivity index (χ1) is 9.13. The number of rotatable bonds is 8. The number of nitrogens with zero attached hydrogens (tertiary/aromatic N) is 1. The van der Waals surface area contributed by atoms with Gasteiger partial charge in [-0.3, -0.25) is 9.59 Å². The molecule has 5 nitrogen and oxygen atoms in total. The highest BCUT2D eigenvalue weighted by atomic mass is 16.5. The molecule has 0 aromatic carbocycles. The van der Waals surface area contributed by atoms with Crippen LogP contribution in [0.4, 0.5) is 0 Å². The van der Waals surface area contributed by atoms with E-state index in [1.165, 1.54) is 0 Å². The summed E-state index contributed by atoms with van der Waals surface area (Å²) >= 11 is 0. The van der Waals surface area contributed by atoms with Gasteiger partial charge in [-0.25, -0.2) is 0 Å². The van der Waals surface area contributed by atoms with Crippen molar-refractivity contribution in [3.63, 3.8) is 0 Å². The Morgan fingerprint density at radius 3 is 2.68 bits per heavy atom. The molecule has 0 spiro atoms. The number of amides is 1. The minimum Gasteiger partial charge on any atom is -0.466 e. The molecule has 1 amide bonds. The predicted molar refractivity (Wildman–Crippen MR) is 71.4 cm³/mol. The van der Waals surface area contributed by atoms with Gasteiger partial charge >= 0.3 is 5.97 Å². The van der Waals surface area contributed by atoms with Gasteiger partial charge in [0.2, 0.25) is 5.91 Å². The summed E-state index contributed by atoms with van der Waals surface area (Å²) in [7, 11) is 0. The summed E-state index contributed by atoms with van der Waals surface area (Å²) < 4.78 is 10.6. The number of carbonyl (C=O) groups is 2.